The fourth-order valence-corrected chi connectivity index (χ4v) is 7.28. The summed E-state index contributed by atoms with van der Waals surface area (Å²) < 4.78 is 0. The van der Waals surface area contributed by atoms with Crippen LogP contribution < -0.4 is 10.7 Å². The van der Waals surface area contributed by atoms with Crippen molar-refractivity contribution >= 4 is 29.4 Å². The van der Waals surface area contributed by atoms with Crippen LogP contribution >= 0.6 is 0 Å². The summed E-state index contributed by atoms with van der Waals surface area (Å²) in [5, 5.41) is 1.98. The zero-order valence-corrected chi connectivity index (χ0v) is 26.3. The summed E-state index contributed by atoms with van der Waals surface area (Å²) in [7, 11) is 0. The molecule has 5 heterocycles. The van der Waals surface area contributed by atoms with Gasteiger partial charge in [-0.3, -0.25) is 4.79 Å². The van der Waals surface area contributed by atoms with Gasteiger partial charge < -0.3 is 9.88 Å². The van der Waals surface area contributed by atoms with E-state index in [1.165, 1.54) is 33.4 Å². The summed E-state index contributed by atoms with van der Waals surface area (Å²) >= 11 is 0. The molecule has 5 rings (SSSR count). The zero-order chi connectivity index (χ0) is 29.4. The number of fused-ring (bicyclic) bond motifs is 6. The van der Waals surface area contributed by atoms with Crippen molar-refractivity contribution in [2.24, 2.45) is 9.98 Å². The molecule has 216 valence electrons. The first-order valence-corrected chi connectivity index (χ1v) is 15.9. The number of likely N-dealkylation sites (N-methyl/N-ethyl adjacent to an activating group) is 1. The molecule has 1 aromatic heterocycles. The number of rotatable bonds is 8. The van der Waals surface area contributed by atoms with Crippen molar-refractivity contribution in [3.63, 3.8) is 0 Å². The van der Waals surface area contributed by atoms with Crippen LogP contribution in [0.2, 0.25) is 0 Å². The summed E-state index contributed by atoms with van der Waals surface area (Å²) in [6.07, 6.45) is 10.4. The zero-order valence-electron chi connectivity index (χ0n) is 26.3. The Morgan fingerprint density at radius 3 is 1.80 bits per heavy atom. The molecule has 1 unspecified atom stereocenters. The minimum absolute atomic E-state index is 0.212. The van der Waals surface area contributed by atoms with E-state index in [4.69, 9.17) is 9.98 Å². The predicted molar refractivity (Wildman–Crippen MR) is 172 cm³/mol. The molecule has 1 N–H and O–H groups in total. The third-order valence-electron chi connectivity index (χ3n) is 9.15. The maximum absolute atomic E-state index is 14.0. The third-order valence-corrected chi connectivity index (χ3v) is 9.15. The van der Waals surface area contributed by atoms with E-state index in [9.17, 15) is 4.79 Å². The van der Waals surface area contributed by atoms with Crippen LogP contribution in [0, 0.1) is 0 Å². The Morgan fingerprint density at radius 2 is 1.22 bits per heavy atom. The van der Waals surface area contributed by atoms with Crippen molar-refractivity contribution in [3.8, 4) is 0 Å². The van der Waals surface area contributed by atoms with E-state index < -0.39 is 0 Å². The number of aliphatic imine (C=N–C) groups is 2. The van der Waals surface area contributed by atoms with Crippen molar-refractivity contribution < 1.29 is 4.79 Å². The molecule has 0 spiro atoms. The van der Waals surface area contributed by atoms with Gasteiger partial charge in [0, 0.05) is 39.7 Å². The van der Waals surface area contributed by atoms with E-state index >= 15 is 0 Å². The molecule has 0 aliphatic carbocycles. The van der Waals surface area contributed by atoms with Gasteiger partial charge in [0.1, 0.15) is 6.04 Å². The smallest absolute Gasteiger partial charge is 0.187 e. The molecular formula is C36H46N4O. The number of hydrogen-bond acceptors (Lipinski definition) is 4. The van der Waals surface area contributed by atoms with Crippen LogP contribution in [0.3, 0.4) is 0 Å². The van der Waals surface area contributed by atoms with Crippen LogP contribution in [0.25, 0.3) is 12.2 Å². The number of H-pyrrole nitrogens is 1. The van der Waals surface area contributed by atoms with Gasteiger partial charge in [-0.2, -0.15) is 0 Å². The van der Waals surface area contributed by atoms with Crippen molar-refractivity contribution in [1.82, 2.24) is 9.88 Å². The lowest BCUT2D eigenvalue weighted by Gasteiger charge is -2.27. The van der Waals surface area contributed by atoms with Gasteiger partial charge in [0.15, 0.2) is 5.78 Å². The highest BCUT2D eigenvalue weighted by Gasteiger charge is 2.39. The first-order valence-electron chi connectivity index (χ1n) is 15.9. The standard InChI is InChI=1S/C36H46N4O/c1-9-23-24(10-2)32-27(13-5)33-25(11-3)26(12-4)34(39-33)28(14-6)35-29(15-7)36(41)31(40(35)16-8)20-22-18-17-21(37-22)19-30(23)38-32/h17-20,31,37H,9-16H2,1-8H3. The monoisotopic (exact) mass is 550 g/mol. The number of carbonyl (C=O) groups excluding carboxylic acids is 1. The second kappa shape index (κ2) is 11.8. The number of nitrogens with zero attached hydrogens (tertiary/aromatic N) is 3. The van der Waals surface area contributed by atoms with Gasteiger partial charge in [-0.15, -0.1) is 0 Å². The highest BCUT2D eigenvalue weighted by molar-refractivity contribution is 6.24. The van der Waals surface area contributed by atoms with Crippen LogP contribution in [0.1, 0.15) is 100 Å². The van der Waals surface area contributed by atoms with Gasteiger partial charge >= 0.3 is 0 Å². The van der Waals surface area contributed by atoms with E-state index in [1.807, 2.05) is 0 Å². The Morgan fingerprint density at radius 1 is 0.659 bits per heavy atom. The molecule has 5 heteroatoms. The van der Waals surface area contributed by atoms with Crippen molar-refractivity contribution in [3.05, 3.63) is 78.9 Å². The SMILES string of the molecule is CCC1=C(CC)C2=C(CC)C3=NC(=C(CC)C4=C(CC)C(=O)C(C=c5ccc([nH]5)=CC1=N2)N4CC)C(CC)=C3CC. The molecule has 0 fully saturated rings. The number of aromatic nitrogens is 1. The molecule has 0 aromatic carbocycles. The molecule has 0 amide bonds. The molecule has 8 bridgehead atoms. The van der Waals surface area contributed by atoms with Gasteiger partial charge in [-0.25, -0.2) is 9.98 Å². The van der Waals surface area contributed by atoms with Gasteiger partial charge in [-0.1, -0.05) is 48.5 Å². The minimum Gasteiger partial charge on any atom is -0.357 e. The fraction of sp³-hybridized carbons (Fsp3) is 0.472. The molecule has 4 aliphatic rings. The van der Waals surface area contributed by atoms with E-state index in [0.29, 0.717) is 6.42 Å². The normalized spacial score (nSPS) is 20.9. The molecular weight excluding hydrogens is 504 g/mol. The van der Waals surface area contributed by atoms with E-state index in [-0.39, 0.29) is 11.8 Å². The molecule has 0 radical (unpaired) electrons. The Kier molecular flexibility index (Phi) is 8.35. The minimum atomic E-state index is -0.324. The topological polar surface area (TPSA) is 60.8 Å². The van der Waals surface area contributed by atoms with Crippen molar-refractivity contribution in [2.75, 3.05) is 6.54 Å². The summed E-state index contributed by atoms with van der Waals surface area (Å²) in [6.45, 7) is 18.5. The number of nitrogens with one attached hydrogen (secondary N) is 1. The number of aromatic amines is 1. The Bertz CT molecular complexity index is 1630. The lowest BCUT2D eigenvalue weighted by atomic mass is 9.89. The molecule has 0 saturated heterocycles. The van der Waals surface area contributed by atoms with Crippen LogP contribution in [0.4, 0.5) is 0 Å². The summed E-state index contributed by atoms with van der Waals surface area (Å²) in [6, 6.07) is 3.87. The highest BCUT2D eigenvalue weighted by Crippen LogP contribution is 2.44. The number of Topliss-reactive ketones (excluding diaryl/α,β-unsaturated/α-hetero) is 1. The average molecular weight is 551 g/mol. The first-order chi connectivity index (χ1) is 19.9. The van der Waals surface area contributed by atoms with Gasteiger partial charge in [-0.05, 0) is 98.4 Å². The molecule has 41 heavy (non-hydrogen) atoms. The second-order valence-electron chi connectivity index (χ2n) is 11.1. The highest BCUT2D eigenvalue weighted by atomic mass is 16.1. The van der Waals surface area contributed by atoms with E-state index in [2.05, 4.69) is 89.6 Å². The van der Waals surface area contributed by atoms with E-state index in [1.54, 1.807) is 0 Å². The van der Waals surface area contributed by atoms with Gasteiger partial charge in [0.05, 0.1) is 22.8 Å². The number of carbonyl (C=O) groups is 1. The van der Waals surface area contributed by atoms with Crippen LogP contribution in [0.15, 0.2) is 78.2 Å². The largest absolute Gasteiger partial charge is 0.357 e. The van der Waals surface area contributed by atoms with Gasteiger partial charge in [0.25, 0.3) is 0 Å². The maximum Gasteiger partial charge on any atom is 0.187 e. The predicted octanol–water partition coefficient (Wildman–Crippen LogP) is 7.00. The second-order valence-corrected chi connectivity index (χ2v) is 11.1. The Balaban J connectivity index is 1.95. The summed E-state index contributed by atoms with van der Waals surface area (Å²) in [5.74, 6) is 0.212. The molecule has 1 aromatic rings. The van der Waals surface area contributed by atoms with Crippen molar-refractivity contribution in [2.45, 2.75) is 106 Å². The lowest BCUT2D eigenvalue weighted by Crippen LogP contribution is -2.34. The van der Waals surface area contributed by atoms with E-state index in [0.717, 1.165) is 89.9 Å². The van der Waals surface area contributed by atoms with Crippen molar-refractivity contribution in [1.29, 1.82) is 0 Å². The summed E-state index contributed by atoms with van der Waals surface area (Å²) in [4.78, 5) is 30.7. The van der Waals surface area contributed by atoms with Crippen LogP contribution in [0.5, 0.6) is 0 Å². The fourth-order valence-electron chi connectivity index (χ4n) is 7.28. The maximum atomic E-state index is 14.0. The quantitative estimate of drug-likeness (QED) is 0.379. The molecule has 1 atom stereocenters. The molecule has 0 saturated carbocycles. The first kappa shape index (κ1) is 29.0. The number of allylic oxidation sites excluding steroid dienone is 6. The molecule has 4 aliphatic heterocycles. The van der Waals surface area contributed by atoms with Crippen LogP contribution in [-0.4, -0.2) is 39.7 Å². The molecule has 5 nitrogen and oxygen atoms in total. The average Bonchev–Trinajstić information content (AvgIpc) is 3.73. The van der Waals surface area contributed by atoms with Gasteiger partial charge in [0.2, 0.25) is 0 Å². The number of ketones is 1. The Labute approximate surface area is 245 Å². The number of hydrogen-bond donors (Lipinski definition) is 1. The summed E-state index contributed by atoms with van der Waals surface area (Å²) in [5.41, 5.74) is 14.2. The van der Waals surface area contributed by atoms with Crippen LogP contribution in [-0.2, 0) is 4.79 Å². The Hall–Kier alpha value is -3.47. The third kappa shape index (κ3) is 4.58. The lowest BCUT2D eigenvalue weighted by molar-refractivity contribution is -0.116.